The summed E-state index contributed by atoms with van der Waals surface area (Å²) in [7, 11) is 0. The SMILES string of the molecule is CC1CN(CC2CCC(=O)N2)CCC1=O. The van der Waals surface area contributed by atoms with E-state index in [2.05, 4.69) is 10.2 Å². The number of Topliss-reactive ketones (excluding diaryl/α,β-unsaturated/α-hetero) is 1. The molecule has 1 N–H and O–H groups in total. The Hall–Kier alpha value is -0.900. The van der Waals surface area contributed by atoms with Gasteiger partial charge in [0.25, 0.3) is 0 Å². The summed E-state index contributed by atoms with van der Waals surface area (Å²) in [4.78, 5) is 24.7. The van der Waals surface area contributed by atoms with Crippen molar-refractivity contribution in [2.24, 2.45) is 5.92 Å². The molecule has 0 radical (unpaired) electrons. The van der Waals surface area contributed by atoms with Crippen molar-refractivity contribution in [1.29, 1.82) is 0 Å². The molecular weight excluding hydrogens is 192 g/mol. The van der Waals surface area contributed by atoms with Crippen molar-refractivity contribution >= 4 is 11.7 Å². The first-order chi connectivity index (χ1) is 7.15. The molecule has 2 aliphatic rings. The molecular formula is C11H18N2O2. The van der Waals surface area contributed by atoms with Crippen LogP contribution in [0.3, 0.4) is 0 Å². The van der Waals surface area contributed by atoms with E-state index in [-0.39, 0.29) is 11.8 Å². The van der Waals surface area contributed by atoms with Crippen molar-refractivity contribution in [3.05, 3.63) is 0 Å². The van der Waals surface area contributed by atoms with Crippen LogP contribution in [0, 0.1) is 5.92 Å². The third-order valence-corrected chi connectivity index (χ3v) is 3.32. The van der Waals surface area contributed by atoms with E-state index in [9.17, 15) is 9.59 Å². The highest BCUT2D eigenvalue weighted by molar-refractivity contribution is 5.81. The molecule has 4 nitrogen and oxygen atoms in total. The van der Waals surface area contributed by atoms with E-state index >= 15 is 0 Å². The lowest BCUT2D eigenvalue weighted by molar-refractivity contribution is -0.126. The normalized spacial score (nSPS) is 33.1. The molecule has 2 rings (SSSR count). The van der Waals surface area contributed by atoms with Gasteiger partial charge in [-0.15, -0.1) is 0 Å². The molecule has 1 amide bonds. The first-order valence-corrected chi connectivity index (χ1v) is 5.69. The van der Waals surface area contributed by atoms with Crippen molar-refractivity contribution < 1.29 is 9.59 Å². The van der Waals surface area contributed by atoms with Gasteiger partial charge in [0, 0.05) is 44.4 Å². The maximum atomic E-state index is 11.3. The second-order valence-corrected chi connectivity index (χ2v) is 4.68. The molecule has 0 spiro atoms. The van der Waals surface area contributed by atoms with Crippen LogP contribution in [0.2, 0.25) is 0 Å². The number of rotatable bonds is 2. The summed E-state index contributed by atoms with van der Waals surface area (Å²) >= 11 is 0. The zero-order valence-electron chi connectivity index (χ0n) is 9.16. The summed E-state index contributed by atoms with van der Waals surface area (Å²) in [6.07, 6.45) is 2.27. The largest absolute Gasteiger partial charge is 0.352 e. The van der Waals surface area contributed by atoms with Crippen LogP contribution in [0.1, 0.15) is 26.2 Å². The minimum absolute atomic E-state index is 0.163. The average molecular weight is 210 g/mol. The van der Waals surface area contributed by atoms with Gasteiger partial charge in [-0.25, -0.2) is 0 Å². The van der Waals surface area contributed by atoms with Crippen molar-refractivity contribution in [3.8, 4) is 0 Å². The molecule has 2 saturated heterocycles. The first-order valence-electron chi connectivity index (χ1n) is 5.69. The number of likely N-dealkylation sites (tertiary alicyclic amines) is 1. The first kappa shape index (κ1) is 10.6. The lowest BCUT2D eigenvalue weighted by Crippen LogP contribution is -2.45. The minimum Gasteiger partial charge on any atom is -0.352 e. The summed E-state index contributed by atoms with van der Waals surface area (Å²) < 4.78 is 0. The lowest BCUT2D eigenvalue weighted by atomic mass is 9.98. The molecule has 0 aromatic rings. The van der Waals surface area contributed by atoms with Crippen molar-refractivity contribution in [1.82, 2.24) is 10.2 Å². The fourth-order valence-corrected chi connectivity index (χ4v) is 2.39. The molecule has 4 heteroatoms. The van der Waals surface area contributed by atoms with E-state index in [1.807, 2.05) is 6.92 Å². The standard InChI is InChI=1S/C11H18N2O2/c1-8-6-13(5-4-10(8)14)7-9-2-3-11(15)12-9/h8-9H,2-7H2,1H3,(H,12,15). The molecule has 2 atom stereocenters. The maximum absolute atomic E-state index is 11.3. The van der Waals surface area contributed by atoms with Crippen LogP contribution in [-0.2, 0) is 9.59 Å². The van der Waals surface area contributed by atoms with Gasteiger partial charge in [-0.05, 0) is 6.42 Å². The van der Waals surface area contributed by atoms with Gasteiger partial charge in [0.2, 0.25) is 5.91 Å². The Morgan fingerprint density at radius 2 is 2.20 bits per heavy atom. The van der Waals surface area contributed by atoms with Crippen LogP contribution in [0.5, 0.6) is 0 Å². The second-order valence-electron chi connectivity index (χ2n) is 4.68. The zero-order valence-corrected chi connectivity index (χ0v) is 9.16. The third kappa shape index (κ3) is 2.56. The molecule has 15 heavy (non-hydrogen) atoms. The summed E-state index contributed by atoms with van der Waals surface area (Å²) in [5, 5.41) is 2.96. The number of carbonyl (C=O) groups is 2. The van der Waals surface area contributed by atoms with Crippen LogP contribution >= 0.6 is 0 Å². The van der Waals surface area contributed by atoms with Gasteiger partial charge >= 0.3 is 0 Å². The molecule has 2 fully saturated rings. The predicted octanol–water partition coefficient (Wildman–Crippen LogP) is 0.176. The van der Waals surface area contributed by atoms with Crippen molar-refractivity contribution in [2.75, 3.05) is 19.6 Å². The Morgan fingerprint density at radius 3 is 2.80 bits per heavy atom. The Balaban J connectivity index is 1.80. The maximum Gasteiger partial charge on any atom is 0.220 e. The number of piperidine rings is 1. The van der Waals surface area contributed by atoms with E-state index in [0.717, 1.165) is 26.1 Å². The average Bonchev–Trinajstić information content (AvgIpc) is 2.58. The Bertz CT molecular complexity index is 278. The van der Waals surface area contributed by atoms with Gasteiger partial charge in [-0.2, -0.15) is 0 Å². The summed E-state index contributed by atoms with van der Waals surface area (Å²) in [5.41, 5.74) is 0. The number of ketones is 1. The van der Waals surface area contributed by atoms with Gasteiger partial charge < -0.3 is 10.2 Å². The Kier molecular flexibility index (Phi) is 3.05. The minimum atomic E-state index is 0.163. The van der Waals surface area contributed by atoms with Crippen LogP contribution in [0.25, 0.3) is 0 Å². The summed E-state index contributed by atoms with van der Waals surface area (Å²) in [5.74, 6) is 0.707. The third-order valence-electron chi connectivity index (χ3n) is 3.32. The van der Waals surface area contributed by atoms with Gasteiger partial charge in [0.1, 0.15) is 5.78 Å². The Labute approximate surface area is 90.0 Å². The molecule has 2 unspecified atom stereocenters. The van der Waals surface area contributed by atoms with Gasteiger partial charge in [-0.3, -0.25) is 9.59 Å². The van der Waals surface area contributed by atoms with Crippen molar-refractivity contribution in [2.45, 2.75) is 32.2 Å². The van der Waals surface area contributed by atoms with Crippen LogP contribution in [0.15, 0.2) is 0 Å². The molecule has 0 aromatic carbocycles. The molecule has 0 saturated carbocycles. The van der Waals surface area contributed by atoms with Gasteiger partial charge in [0.15, 0.2) is 0 Å². The molecule has 2 heterocycles. The van der Waals surface area contributed by atoms with E-state index in [4.69, 9.17) is 0 Å². The van der Waals surface area contributed by atoms with Crippen LogP contribution in [0.4, 0.5) is 0 Å². The number of hydrogen-bond acceptors (Lipinski definition) is 3. The fourth-order valence-electron chi connectivity index (χ4n) is 2.39. The fraction of sp³-hybridized carbons (Fsp3) is 0.818. The number of hydrogen-bond donors (Lipinski definition) is 1. The number of nitrogens with one attached hydrogen (secondary N) is 1. The quantitative estimate of drug-likeness (QED) is 0.707. The summed E-state index contributed by atoms with van der Waals surface area (Å²) in [6, 6.07) is 0.304. The highest BCUT2D eigenvalue weighted by Crippen LogP contribution is 2.15. The molecule has 0 aromatic heterocycles. The van der Waals surface area contributed by atoms with E-state index in [1.54, 1.807) is 0 Å². The van der Waals surface area contributed by atoms with Gasteiger partial charge in [0.05, 0.1) is 0 Å². The lowest BCUT2D eigenvalue weighted by Gasteiger charge is -2.31. The highest BCUT2D eigenvalue weighted by atomic mass is 16.2. The molecule has 84 valence electrons. The molecule has 0 aliphatic carbocycles. The molecule has 2 aliphatic heterocycles. The predicted molar refractivity (Wildman–Crippen MR) is 56.4 cm³/mol. The number of carbonyl (C=O) groups excluding carboxylic acids is 2. The van der Waals surface area contributed by atoms with Crippen molar-refractivity contribution in [3.63, 3.8) is 0 Å². The van der Waals surface area contributed by atoms with E-state index < -0.39 is 0 Å². The van der Waals surface area contributed by atoms with Crippen LogP contribution < -0.4 is 5.32 Å². The topological polar surface area (TPSA) is 49.4 Å². The number of amides is 1. The van der Waals surface area contributed by atoms with Crippen LogP contribution in [-0.4, -0.2) is 42.3 Å². The smallest absolute Gasteiger partial charge is 0.220 e. The zero-order chi connectivity index (χ0) is 10.8. The number of nitrogens with zero attached hydrogens (tertiary/aromatic N) is 1. The summed E-state index contributed by atoms with van der Waals surface area (Å²) in [6.45, 7) is 4.60. The monoisotopic (exact) mass is 210 g/mol. The van der Waals surface area contributed by atoms with E-state index in [0.29, 0.717) is 24.7 Å². The highest BCUT2D eigenvalue weighted by Gasteiger charge is 2.27. The Morgan fingerprint density at radius 1 is 1.40 bits per heavy atom. The van der Waals surface area contributed by atoms with E-state index in [1.165, 1.54) is 0 Å². The molecule has 0 bridgehead atoms. The van der Waals surface area contributed by atoms with Gasteiger partial charge in [-0.1, -0.05) is 6.92 Å². The second kappa shape index (κ2) is 4.31.